The lowest BCUT2D eigenvalue weighted by atomic mass is 10.0. The van der Waals surface area contributed by atoms with Gasteiger partial charge in [0, 0.05) is 47.8 Å². The molecule has 0 bridgehead atoms. The van der Waals surface area contributed by atoms with E-state index >= 15 is 0 Å². The number of halogens is 1. The van der Waals surface area contributed by atoms with Crippen LogP contribution in [-0.2, 0) is 4.79 Å². The number of aromatic nitrogens is 1. The molecular formula is C23H22FN3O3. The van der Waals surface area contributed by atoms with E-state index in [1.807, 2.05) is 13.0 Å². The molecule has 2 amide bonds. The second-order valence-corrected chi connectivity index (χ2v) is 7.67. The fourth-order valence-corrected chi connectivity index (χ4v) is 4.00. The lowest BCUT2D eigenvalue weighted by Crippen LogP contribution is -2.60. The Hall–Kier alpha value is -3.48. The molecule has 1 aliphatic heterocycles. The molecule has 4 rings (SSSR count). The minimum atomic E-state index is -0.756. The highest BCUT2D eigenvalue weighted by Gasteiger charge is 2.37. The van der Waals surface area contributed by atoms with E-state index in [1.165, 1.54) is 23.2 Å². The smallest absolute Gasteiger partial charge is 0.295 e. The number of Topliss-reactive ketones (excluding diaryl/α,β-unsaturated/α-hetero) is 1. The average molecular weight is 407 g/mol. The number of H-pyrrole nitrogens is 1. The second kappa shape index (κ2) is 7.74. The van der Waals surface area contributed by atoms with Gasteiger partial charge in [-0.2, -0.15) is 0 Å². The molecule has 1 aliphatic rings. The standard InChI is InChI=1S/C23H22FN3O3/c1-14-13-27(15(2)12-26(14)22(29)16-7-4-3-5-8-16)23(30)21(28)17-11-25-19-10-6-9-18(24)20(17)19/h3-11,14-15,25H,12-13H2,1-2H3/t14-,15-/m1/s1. The first-order chi connectivity index (χ1) is 14.4. The third kappa shape index (κ3) is 3.36. The number of carbonyl (C=O) groups is 3. The van der Waals surface area contributed by atoms with Crippen molar-refractivity contribution in [3.63, 3.8) is 0 Å². The van der Waals surface area contributed by atoms with Gasteiger partial charge in [-0.1, -0.05) is 24.3 Å². The summed E-state index contributed by atoms with van der Waals surface area (Å²) in [7, 11) is 0. The number of ketones is 1. The second-order valence-electron chi connectivity index (χ2n) is 7.67. The summed E-state index contributed by atoms with van der Waals surface area (Å²) >= 11 is 0. The van der Waals surface area contributed by atoms with Crippen molar-refractivity contribution < 1.29 is 18.8 Å². The number of benzene rings is 2. The van der Waals surface area contributed by atoms with Gasteiger partial charge in [0.05, 0.1) is 5.56 Å². The van der Waals surface area contributed by atoms with Crippen LogP contribution in [0.15, 0.2) is 54.7 Å². The van der Waals surface area contributed by atoms with Gasteiger partial charge in [0.2, 0.25) is 0 Å². The molecule has 154 valence electrons. The summed E-state index contributed by atoms with van der Waals surface area (Å²) in [5.74, 6) is -2.10. The number of piperazine rings is 1. The van der Waals surface area contributed by atoms with Crippen molar-refractivity contribution in [1.29, 1.82) is 0 Å². The molecule has 1 saturated heterocycles. The normalized spacial score (nSPS) is 19.2. The van der Waals surface area contributed by atoms with Crippen LogP contribution < -0.4 is 0 Å². The first kappa shape index (κ1) is 19.8. The van der Waals surface area contributed by atoms with Crippen LogP contribution in [0.3, 0.4) is 0 Å². The number of amides is 2. The van der Waals surface area contributed by atoms with Crippen LogP contribution in [0, 0.1) is 5.82 Å². The number of nitrogens with one attached hydrogen (secondary N) is 1. The fraction of sp³-hybridized carbons (Fsp3) is 0.261. The summed E-state index contributed by atoms with van der Waals surface area (Å²) in [4.78, 5) is 44.8. The number of rotatable bonds is 3. The Bertz CT molecular complexity index is 1130. The first-order valence-electron chi connectivity index (χ1n) is 9.85. The van der Waals surface area contributed by atoms with Crippen molar-refractivity contribution >= 4 is 28.5 Å². The van der Waals surface area contributed by atoms with Gasteiger partial charge in [-0.25, -0.2) is 4.39 Å². The number of nitrogens with zero attached hydrogens (tertiary/aromatic N) is 2. The molecule has 0 radical (unpaired) electrons. The molecule has 2 atom stereocenters. The van der Waals surface area contributed by atoms with Crippen LogP contribution in [-0.4, -0.2) is 57.6 Å². The molecule has 0 saturated carbocycles. The quantitative estimate of drug-likeness (QED) is 0.535. The van der Waals surface area contributed by atoms with Crippen molar-refractivity contribution in [1.82, 2.24) is 14.8 Å². The average Bonchev–Trinajstić information content (AvgIpc) is 3.19. The van der Waals surface area contributed by atoms with E-state index in [-0.39, 0.29) is 35.5 Å². The summed E-state index contributed by atoms with van der Waals surface area (Å²) in [5, 5.41) is 0.120. The molecule has 30 heavy (non-hydrogen) atoms. The van der Waals surface area contributed by atoms with Crippen LogP contribution >= 0.6 is 0 Å². The molecule has 1 aromatic heterocycles. The van der Waals surface area contributed by atoms with E-state index < -0.39 is 17.5 Å². The van der Waals surface area contributed by atoms with Crippen LogP contribution in [0.25, 0.3) is 10.9 Å². The Labute approximate surface area is 173 Å². The summed E-state index contributed by atoms with van der Waals surface area (Å²) < 4.78 is 14.2. The molecule has 2 heterocycles. The highest BCUT2D eigenvalue weighted by molar-refractivity contribution is 6.45. The number of hydrogen-bond donors (Lipinski definition) is 1. The zero-order chi connectivity index (χ0) is 21.4. The van der Waals surface area contributed by atoms with Crippen LogP contribution in [0.5, 0.6) is 0 Å². The lowest BCUT2D eigenvalue weighted by molar-refractivity contribution is -0.131. The largest absolute Gasteiger partial charge is 0.360 e. The molecular weight excluding hydrogens is 385 g/mol. The van der Waals surface area contributed by atoms with Gasteiger partial charge in [0.15, 0.2) is 0 Å². The molecule has 1 N–H and O–H groups in total. The molecule has 0 spiro atoms. The summed E-state index contributed by atoms with van der Waals surface area (Å²) in [6, 6.07) is 12.8. The van der Waals surface area contributed by atoms with Crippen LogP contribution in [0.2, 0.25) is 0 Å². The third-order valence-corrected chi connectivity index (χ3v) is 5.62. The minimum Gasteiger partial charge on any atom is -0.360 e. The van der Waals surface area contributed by atoms with Gasteiger partial charge >= 0.3 is 0 Å². The molecule has 0 aliphatic carbocycles. The SMILES string of the molecule is C[C@@H]1CN(C(=O)c2ccccc2)[C@H](C)CN1C(=O)C(=O)c1c[nH]c2cccc(F)c12. The van der Waals surface area contributed by atoms with E-state index in [1.54, 1.807) is 42.2 Å². The van der Waals surface area contributed by atoms with Crippen molar-refractivity contribution in [3.8, 4) is 0 Å². The van der Waals surface area contributed by atoms with Crippen molar-refractivity contribution in [2.45, 2.75) is 25.9 Å². The Morgan fingerprint density at radius 1 is 0.933 bits per heavy atom. The molecule has 6 nitrogen and oxygen atoms in total. The van der Waals surface area contributed by atoms with Crippen molar-refractivity contribution in [2.24, 2.45) is 0 Å². The van der Waals surface area contributed by atoms with Gasteiger partial charge in [0.1, 0.15) is 5.82 Å². The molecule has 7 heteroatoms. The fourth-order valence-electron chi connectivity index (χ4n) is 4.00. The molecule has 0 unspecified atom stereocenters. The van der Waals surface area contributed by atoms with E-state index in [0.29, 0.717) is 17.6 Å². The summed E-state index contributed by atoms with van der Waals surface area (Å²) in [5.41, 5.74) is 1.07. The van der Waals surface area contributed by atoms with E-state index in [9.17, 15) is 18.8 Å². The zero-order valence-corrected chi connectivity index (χ0v) is 16.8. The van der Waals surface area contributed by atoms with Gasteiger partial charge in [-0.05, 0) is 38.1 Å². The zero-order valence-electron chi connectivity index (χ0n) is 16.8. The van der Waals surface area contributed by atoms with Gasteiger partial charge in [-0.15, -0.1) is 0 Å². The Kier molecular flexibility index (Phi) is 5.11. The van der Waals surface area contributed by atoms with E-state index in [4.69, 9.17) is 0 Å². The Morgan fingerprint density at radius 2 is 1.60 bits per heavy atom. The maximum Gasteiger partial charge on any atom is 0.295 e. The van der Waals surface area contributed by atoms with Gasteiger partial charge in [-0.3, -0.25) is 14.4 Å². The Morgan fingerprint density at radius 3 is 2.33 bits per heavy atom. The topological polar surface area (TPSA) is 73.5 Å². The highest BCUT2D eigenvalue weighted by atomic mass is 19.1. The molecule has 3 aromatic rings. The van der Waals surface area contributed by atoms with Crippen molar-refractivity contribution in [3.05, 3.63) is 71.7 Å². The van der Waals surface area contributed by atoms with Gasteiger partial charge < -0.3 is 14.8 Å². The maximum atomic E-state index is 14.2. The van der Waals surface area contributed by atoms with E-state index in [0.717, 1.165) is 0 Å². The highest BCUT2D eigenvalue weighted by Crippen LogP contribution is 2.24. The van der Waals surface area contributed by atoms with Crippen LogP contribution in [0.4, 0.5) is 4.39 Å². The van der Waals surface area contributed by atoms with E-state index in [2.05, 4.69) is 4.98 Å². The predicted octanol–water partition coefficient (Wildman–Crippen LogP) is 3.25. The first-order valence-corrected chi connectivity index (χ1v) is 9.85. The predicted molar refractivity (Wildman–Crippen MR) is 111 cm³/mol. The number of hydrogen-bond acceptors (Lipinski definition) is 3. The third-order valence-electron chi connectivity index (χ3n) is 5.62. The molecule has 1 fully saturated rings. The number of aromatic amines is 1. The number of carbonyl (C=O) groups excluding carboxylic acids is 3. The maximum absolute atomic E-state index is 14.2. The minimum absolute atomic E-state index is 0.0238. The Balaban J connectivity index is 1.54. The lowest BCUT2D eigenvalue weighted by Gasteiger charge is -2.43. The number of fused-ring (bicyclic) bond motifs is 1. The monoisotopic (exact) mass is 407 g/mol. The van der Waals surface area contributed by atoms with Crippen LogP contribution in [0.1, 0.15) is 34.6 Å². The van der Waals surface area contributed by atoms with Gasteiger partial charge in [0.25, 0.3) is 17.6 Å². The van der Waals surface area contributed by atoms with Crippen molar-refractivity contribution in [2.75, 3.05) is 13.1 Å². The summed E-state index contributed by atoms with van der Waals surface area (Å²) in [6.07, 6.45) is 1.37. The summed E-state index contributed by atoms with van der Waals surface area (Å²) in [6.45, 7) is 4.20. The molecule has 2 aromatic carbocycles.